The molecule has 2 aromatic carbocycles. The standard InChI is InChI=1S/C21H18FN5O2S/c1-14-13-18(26-29-14)23-19(28)11-12-30-21-25-24-20(15-5-3-2-4-6-15)27(21)17-9-7-16(22)8-10-17/h2-10,13H,11-12H2,1H3,(H,23,26,28). The fourth-order valence-corrected chi connectivity index (χ4v) is 3.72. The van der Waals surface area contributed by atoms with Crippen LogP contribution in [0.15, 0.2) is 70.3 Å². The molecule has 0 aliphatic rings. The van der Waals surface area contributed by atoms with E-state index in [9.17, 15) is 9.18 Å². The number of nitrogens with one attached hydrogen (secondary N) is 1. The molecule has 0 spiro atoms. The molecule has 0 saturated heterocycles. The predicted octanol–water partition coefficient (Wildman–Crippen LogP) is 4.49. The maximum atomic E-state index is 13.4. The van der Waals surface area contributed by atoms with Crippen molar-refractivity contribution in [1.29, 1.82) is 0 Å². The first-order valence-electron chi connectivity index (χ1n) is 9.23. The van der Waals surface area contributed by atoms with E-state index in [1.165, 1.54) is 23.9 Å². The van der Waals surface area contributed by atoms with Crippen molar-refractivity contribution in [2.75, 3.05) is 11.1 Å². The van der Waals surface area contributed by atoms with Gasteiger partial charge >= 0.3 is 0 Å². The first-order chi connectivity index (χ1) is 14.6. The Kier molecular flexibility index (Phi) is 5.89. The van der Waals surface area contributed by atoms with Crippen molar-refractivity contribution in [3.8, 4) is 17.1 Å². The van der Waals surface area contributed by atoms with Crippen LogP contribution in [0.3, 0.4) is 0 Å². The highest BCUT2D eigenvalue weighted by Crippen LogP contribution is 2.28. The number of anilines is 1. The van der Waals surface area contributed by atoms with Crippen molar-refractivity contribution in [2.45, 2.75) is 18.5 Å². The average molecular weight is 423 g/mol. The molecule has 0 radical (unpaired) electrons. The number of aryl methyl sites for hydroxylation is 1. The molecule has 0 aliphatic heterocycles. The summed E-state index contributed by atoms with van der Waals surface area (Å²) in [5.74, 6) is 1.65. The first-order valence-corrected chi connectivity index (χ1v) is 10.2. The van der Waals surface area contributed by atoms with E-state index in [1.54, 1.807) is 25.1 Å². The number of hydrogen-bond acceptors (Lipinski definition) is 6. The van der Waals surface area contributed by atoms with Gasteiger partial charge in [-0.25, -0.2) is 4.39 Å². The van der Waals surface area contributed by atoms with Gasteiger partial charge in [-0.1, -0.05) is 47.3 Å². The number of carbonyl (C=O) groups is 1. The molecule has 2 aromatic heterocycles. The summed E-state index contributed by atoms with van der Waals surface area (Å²) in [6.45, 7) is 1.76. The fourth-order valence-electron chi connectivity index (χ4n) is 2.83. The van der Waals surface area contributed by atoms with Crippen LogP contribution in [0.5, 0.6) is 0 Å². The molecular weight excluding hydrogens is 405 g/mol. The molecule has 4 rings (SSSR count). The largest absolute Gasteiger partial charge is 0.360 e. The van der Waals surface area contributed by atoms with E-state index in [1.807, 2.05) is 34.9 Å². The Morgan fingerprint density at radius 2 is 1.90 bits per heavy atom. The molecule has 0 aliphatic carbocycles. The highest BCUT2D eigenvalue weighted by atomic mass is 32.2. The minimum atomic E-state index is -0.318. The quantitative estimate of drug-likeness (QED) is 0.441. The van der Waals surface area contributed by atoms with E-state index >= 15 is 0 Å². The lowest BCUT2D eigenvalue weighted by atomic mass is 10.2. The van der Waals surface area contributed by atoms with Crippen molar-refractivity contribution in [3.05, 3.63) is 72.2 Å². The summed E-state index contributed by atoms with van der Waals surface area (Å²) in [4.78, 5) is 12.1. The second-order valence-corrected chi connectivity index (χ2v) is 7.52. The highest BCUT2D eigenvalue weighted by molar-refractivity contribution is 7.99. The summed E-state index contributed by atoms with van der Waals surface area (Å²) in [6.07, 6.45) is 0.257. The zero-order chi connectivity index (χ0) is 20.9. The molecule has 2 heterocycles. The number of rotatable bonds is 7. The molecule has 0 fully saturated rings. The van der Waals surface area contributed by atoms with Gasteiger partial charge in [0.2, 0.25) is 5.91 Å². The van der Waals surface area contributed by atoms with Gasteiger partial charge < -0.3 is 9.84 Å². The zero-order valence-corrected chi connectivity index (χ0v) is 16.9. The molecule has 152 valence electrons. The number of halogens is 1. The number of nitrogens with zero attached hydrogens (tertiary/aromatic N) is 4. The van der Waals surface area contributed by atoms with Crippen molar-refractivity contribution < 1.29 is 13.7 Å². The van der Waals surface area contributed by atoms with Gasteiger partial charge in [0.05, 0.1) is 0 Å². The van der Waals surface area contributed by atoms with Gasteiger partial charge in [-0.05, 0) is 31.2 Å². The Hall–Kier alpha value is -3.46. The number of benzene rings is 2. The molecular formula is C21H18FN5O2S. The third-order valence-corrected chi connectivity index (χ3v) is 5.14. The van der Waals surface area contributed by atoms with Crippen LogP contribution >= 0.6 is 11.8 Å². The van der Waals surface area contributed by atoms with Crippen LogP contribution in [0.2, 0.25) is 0 Å². The van der Waals surface area contributed by atoms with Gasteiger partial charge in [-0.3, -0.25) is 9.36 Å². The van der Waals surface area contributed by atoms with Crippen LogP contribution in [0, 0.1) is 12.7 Å². The zero-order valence-electron chi connectivity index (χ0n) is 16.1. The van der Waals surface area contributed by atoms with Crippen LogP contribution in [0.1, 0.15) is 12.2 Å². The SMILES string of the molecule is Cc1cc(NC(=O)CCSc2nnc(-c3ccccc3)n2-c2ccc(F)cc2)no1. The van der Waals surface area contributed by atoms with Crippen molar-refractivity contribution in [1.82, 2.24) is 19.9 Å². The Balaban J connectivity index is 1.52. The number of thioether (sulfide) groups is 1. The normalized spacial score (nSPS) is 10.9. The minimum absolute atomic E-state index is 0.174. The van der Waals surface area contributed by atoms with Crippen molar-refractivity contribution >= 4 is 23.5 Å². The molecule has 30 heavy (non-hydrogen) atoms. The van der Waals surface area contributed by atoms with Gasteiger partial charge in [-0.2, -0.15) is 0 Å². The molecule has 1 N–H and O–H groups in total. The van der Waals surface area contributed by atoms with E-state index in [4.69, 9.17) is 4.52 Å². The van der Waals surface area contributed by atoms with Crippen LogP contribution in [0.25, 0.3) is 17.1 Å². The Labute approximate surface area is 176 Å². The first kappa shape index (κ1) is 19.8. The number of aromatic nitrogens is 4. The van der Waals surface area contributed by atoms with Crippen LogP contribution in [-0.2, 0) is 4.79 Å². The smallest absolute Gasteiger partial charge is 0.226 e. The number of hydrogen-bond donors (Lipinski definition) is 1. The summed E-state index contributed by atoms with van der Waals surface area (Å²) in [5, 5.41) is 15.7. The lowest BCUT2D eigenvalue weighted by molar-refractivity contribution is -0.115. The molecule has 0 unspecified atom stereocenters. The van der Waals surface area contributed by atoms with Crippen molar-refractivity contribution in [3.63, 3.8) is 0 Å². The third kappa shape index (κ3) is 4.57. The summed E-state index contributed by atoms with van der Waals surface area (Å²) in [7, 11) is 0. The molecule has 0 atom stereocenters. The summed E-state index contributed by atoms with van der Waals surface area (Å²) in [5.41, 5.74) is 1.63. The topological polar surface area (TPSA) is 85.8 Å². The maximum Gasteiger partial charge on any atom is 0.226 e. The predicted molar refractivity (Wildman–Crippen MR) is 112 cm³/mol. The van der Waals surface area contributed by atoms with E-state index < -0.39 is 0 Å². The Morgan fingerprint density at radius 1 is 1.13 bits per heavy atom. The van der Waals surface area contributed by atoms with E-state index in [0.717, 1.165) is 11.3 Å². The number of amides is 1. The van der Waals surface area contributed by atoms with Gasteiger partial charge in [0.15, 0.2) is 16.8 Å². The highest BCUT2D eigenvalue weighted by Gasteiger charge is 2.17. The van der Waals surface area contributed by atoms with E-state index in [0.29, 0.717) is 28.3 Å². The monoisotopic (exact) mass is 423 g/mol. The molecule has 0 saturated carbocycles. The van der Waals surface area contributed by atoms with E-state index in [-0.39, 0.29) is 18.1 Å². The summed E-state index contributed by atoms with van der Waals surface area (Å²) >= 11 is 1.40. The second kappa shape index (κ2) is 8.91. The Morgan fingerprint density at radius 3 is 2.60 bits per heavy atom. The maximum absolute atomic E-state index is 13.4. The van der Waals surface area contributed by atoms with Crippen LogP contribution in [-0.4, -0.2) is 31.6 Å². The van der Waals surface area contributed by atoms with Gasteiger partial charge in [0, 0.05) is 29.5 Å². The summed E-state index contributed by atoms with van der Waals surface area (Å²) in [6, 6.07) is 17.4. The second-order valence-electron chi connectivity index (χ2n) is 6.45. The van der Waals surface area contributed by atoms with Gasteiger partial charge in [-0.15, -0.1) is 10.2 Å². The molecule has 7 nitrogen and oxygen atoms in total. The van der Waals surface area contributed by atoms with Gasteiger partial charge in [0.1, 0.15) is 11.6 Å². The van der Waals surface area contributed by atoms with Crippen LogP contribution in [0.4, 0.5) is 10.2 Å². The molecule has 9 heteroatoms. The summed E-state index contributed by atoms with van der Waals surface area (Å²) < 4.78 is 20.2. The molecule has 4 aromatic rings. The number of carbonyl (C=O) groups excluding carboxylic acids is 1. The third-order valence-electron chi connectivity index (χ3n) is 4.21. The van der Waals surface area contributed by atoms with Crippen molar-refractivity contribution in [2.24, 2.45) is 0 Å². The molecule has 1 amide bonds. The average Bonchev–Trinajstić information content (AvgIpc) is 3.35. The van der Waals surface area contributed by atoms with Crippen LogP contribution < -0.4 is 5.32 Å². The Bertz CT molecular complexity index is 1140. The minimum Gasteiger partial charge on any atom is -0.360 e. The van der Waals surface area contributed by atoms with E-state index in [2.05, 4.69) is 20.7 Å². The lowest BCUT2D eigenvalue weighted by Crippen LogP contribution is -2.12. The lowest BCUT2D eigenvalue weighted by Gasteiger charge is -2.10. The molecule has 0 bridgehead atoms. The van der Waals surface area contributed by atoms with Gasteiger partial charge in [0.25, 0.3) is 0 Å². The fraction of sp³-hybridized carbons (Fsp3) is 0.143.